The highest BCUT2D eigenvalue weighted by molar-refractivity contribution is 5.94. The molecule has 2 aromatic carbocycles. The SMILES string of the molecule is COc1ccc(C(=O)N(C)CCOc2cc(C)cc(C)c2)cc1OC. The minimum atomic E-state index is -0.0926. The largest absolute Gasteiger partial charge is 0.493 e. The van der Waals surface area contributed by atoms with Crippen molar-refractivity contribution in [1.82, 2.24) is 4.90 Å². The number of amides is 1. The molecule has 2 aromatic rings. The maximum Gasteiger partial charge on any atom is 0.253 e. The first kappa shape index (κ1) is 18.6. The number of hydrogen-bond donors (Lipinski definition) is 0. The van der Waals surface area contributed by atoms with Crippen LogP contribution in [-0.2, 0) is 0 Å². The second-order valence-corrected chi connectivity index (χ2v) is 5.97. The van der Waals surface area contributed by atoms with E-state index in [4.69, 9.17) is 14.2 Å². The van der Waals surface area contributed by atoms with Crippen LogP contribution in [0.1, 0.15) is 21.5 Å². The number of rotatable bonds is 7. The summed E-state index contributed by atoms with van der Waals surface area (Å²) in [6.07, 6.45) is 0. The van der Waals surface area contributed by atoms with Gasteiger partial charge in [-0.2, -0.15) is 0 Å². The van der Waals surface area contributed by atoms with Crippen LogP contribution in [0.25, 0.3) is 0 Å². The number of carbonyl (C=O) groups excluding carboxylic acids is 1. The van der Waals surface area contributed by atoms with Gasteiger partial charge in [-0.25, -0.2) is 0 Å². The zero-order chi connectivity index (χ0) is 18.4. The maximum atomic E-state index is 12.5. The van der Waals surface area contributed by atoms with E-state index >= 15 is 0 Å². The predicted octanol–water partition coefficient (Wildman–Crippen LogP) is 3.47. The number of hydrogen-bond acceptors (Lipinski definition) is 4. The Morgan fingerprint density at radius 1 is 0.960 bits per heavy atom. The quantitative estimate of drug-likeness (QED) is 0.772. The Morgan fingerprint density at radius 2 is 1.60 bits per heavy atom. The lowest BCUT2D eigenvalue weighted by atomic mass is 10.1. The summed E-state index contributed by atoms with van der Waals surface area (Å²) in [6, 6.07) is 11.2. The highest BCUT2D eigenvalue weighted by atomic mass is 16.5. The Bertz CT molecular complexity index is 722. The predicted molar refractivity (Wildman–Crippen MR) is 97.9 cm³/mol. The van der Waals surface area contributed by atoms with E-state index < -0.39 is 0 Å². The van der Waals surface area contributed by atoms with Gasteiger partial charge in [-0.1, -0.05) is 6.07 Å². The van der Waals surface area contributed by atoms with Gasteiger partial charge in [0.25, 0.3) is 5.91 Å². The van der Waals surface area contributed by atoms with Crippen molar-refractivity contribution >= 4 is 5.91 Å². The Kier molecular flexibility index (Phi) is 6.28. The molecule has 0 radical (unpaired) electrons. The minimum Gasteiger partial charge on any atom is -0.493 e. The summed E-state index contributed by atoms with van der Waals surface area (Å²) >= 11 is 0. The molecule has 1 amide bonds. The number of likely N-dealkylation sites (N-methyl/N-ethyl adjacent to an activating group) is 1. The van der Waals surface area contributed by atoms with Crippen LogP contribution in [0.2, 0.25) is 0 Å². The van der Waals surface area contributed by atoms with Crippen molar-refractivity contribution in [2.24, 2.45) is 0 Å². The summed E-state index contributed by atoms with van der Waals surface area (Å²) in [5.41, 5.74) is 2.86. The second-order valence-electron chi connectivity index (χ2n) is 5.97. The molecule has 2 rings (SSSR count). The van der Waals surface area contributed by atoms with Crippen LogP contribution in [0.15, 0.2) is 36.4 Å². The third-order valence-electron chi connectivity index (χ3n) is 3.87. The fourth-order valence-electron chi connectivity index (χ4n) is 2.61. The van der Waals surface area contributed by atoms with Gasteiger partial charge < -0.3 is 19.1 Å². The Labute approximate surface area is 149 Å². The lowest BCUT2D eigenvalue weighted by Gasteiger charge is -2.18. The molecule has 0 unspecified atom stereocenters. The van der Waals surface area contributed by atoms with E-state index in [0.29, 0.717) is 30.2 Å². The molecule has 0 heterocycles. The van der Waals surface area contributed by atoms with E-state index in [9.17, 15) is 4.79 Å². The van der Waals surface area contributed by atoms with Crippen molar-refractivity contribution in [3.05, 3.63) is 53.1 Å². The number of carbonyl (C=O) groups is 1. The number of ether oxygens (including phenoxy) is 3. The van der Waals surface area contributed by atoms with Crippen LogP contribution in [0.3, 0.4) is 0 Å². The first-order valence-corrected chi connectivity index (χ1v) is 8.13. The van der Waals surface area contributed by atoms with Gasteiger partial charge in [0.2, 0.25) is 0 Å². The van der Waals surface area contributed by atoms with E-state index in [1.165, 1.54) is 0 Å². The minimum absolute atomic E-state index is 0.0926. The number of nitrogens with zero attached hydrogens (tertiary/aromatic N) is 1. The molecule has 5 heteroatoms. The van der Waals surface area contributed by atoms with Gasteiger partial charge >= 0.3 is 0 Å². The molecule has 0 aliphatic rings. The van der Waals surface area contributed by atoms with Crippen LogP contribution >= 0.6 is 0 Å². The molecule has 0 aromatic heterocycles. The summed E-state index contributed by atoms with van der Waals surface area (Å²) in [4.78, 5) is 14.2. The fourth-order valence-corrected chi connectivity index (χ4v) is 2.61. The highest BCUT2D eigenvalue weighted by Crippen LogP contribution is 2.27. The number of aryl methyl sites for hydroxylation is 2. The van der Waals surface area contributed by atoms with Crippen molar-refractivity contribution in [2.45, 2.75) is 13.8 Å². The first-order valence-electron chi connectivity index (χ1n) is 8.13. The third kappa shape index (κ3) is 4.89. The van der Waals surface area contributed by atoms with Gasteiger partial charge in [0.1, 0.15) is 12.4 Å². The van der Waals surface area contributed by atoms with Crippen molar-refractivity contribution < 1.29 is 19.0 Å². The first-order chi connectivity index (χ1) is 11.9. The molecule has 0 aliphatic heterocycles. The molecule has 5 nitrogen and oxygen atoms in total. The zero-order valence-corrected chi connectivity index (χ0v) is 15.5. The third-order valence-corrected chi connectivity index (χ3v) is 3.87. The molecule has 0 N–H and O–H groups in total. The molecule has 0 saturated heterocycles. The van der Waals surface area contributed by atoms with Crippen LogP contribution < -0.4 is 14.2 Å². The lowest BCUT2D eigenvalue weighted by molar-refractivity contribution is 0.0773. The summed E-state index contributed by atoms with van der Waals surface area (Å²) in [5, 5.41) is 0. The molecular weight excluding hydrogens is 318 g/mol. The van der Waals surface area contributed by atoms with Crippen LogP contribution in [0.4, 0.5) is 0 Å². The van der Waals surface area contributed by atoms with Crippen LogP contribution in [0.5, 0.6) is 17.2 Å². The average Bonchev–Trinajstić information content (AvgIpc) is 2.59. The van der Waals surface area contributed by atoms with Gasteiger partial charge in [0.15, 0.2) is 11.5 Å². The Balaban J connectivity index is 1.96. The van der Waals surface area contributed by atoms with E-state index in [2.05, 4.69) is 6.07 Å². The van der Waals surface area contributed by atoms with Crippen molar-refractivity contribution in [3.8, 4) is 17.2 Å². The van der Waals surface area contributed by atoms with Crippen molar-refractivity contribution in [1.29, 1.82) is 0 Å². The summed E-state index contributed by atoms with van der Waals surface area (Å²) < 4.78 is 16.2. The molecule has 0 bridgehead atoms. The lowest BCUT2D eigenvalue weighted by Crippen LogP contribution is -2.30. The molecule has 0 saturated carbocycles. The number of methoxy groups -OCH3 is 2. The Morgan fingerprint density at radius 3 is 2.20 bits per heavy atom. The monoisotopic (exact) mass is 343 g/mol. The average molecular weight is 343 g/mol. The van der Waals surface area contributed by atoms with Crippen LogP contribution in [0, 0.1) is 13.8 Å². The maximum absolute atomic E-state index is 12.5. The van der Waals surface area contributed by atoms with E-state index in [-0.39, 0.29) is 5.91 Å². The molecule has 0 aliphatic carbocycles. The molecule has 0 atom stereocenters. The molecule has 134 valence electrons. The molecule has 0 spiro atoms. The van der Waals surface area contributed by atoms with Gasteiger partial charge in [0, 0.05) is 12.6 Å². The van der Waals surface area contributed by atoms with Gasteiger partial charge in [-0.15, -0.1) is 0 Å². The van der Waals surface area contributed by atoms with E-state index in [1.807, 2.05) is 26.0 Å². The van der Waals surface area contributed by atoms with Crippen molar-refractivity contribution in [3.63, 3.8) is 0 Å². The summed E-state index contributed by atoms with van der Waals surface area (Å²) in [5.74, 6) is 1.86. The topological polar surface area (TPSA) is 48.0 Å². The Hall–Kier alpha value is -2.69. The summed E-state index contributed by atoms with van der Waals surface area (Å²) in [6.45, 7) is 4.98. The summed E-state index contributed by atoms with van der Waals surface area (Å²) in [7, 11) is 4.87. The standard InChI is InChI=1S/C20H25NO4/c1-14-10-15(2)12-17(11-14)25-9-8-21(3)20(22)16-6-7-18(23-4)19(13-16)24-5/h6-7,10-13H,8-9H2,1-5H3. The van der Waals surface area contributed by atoms with Gasteiger partial charge in [-0.3, -0.25) is 4.79 Å². The van der Waals surface area contributed by atoms with Gasteiger partial charge in [0.05, 0.1) is 20.8 Å². The smallest absolute Gasteiger partial charge is 0.253 e. The zero-order valence-electron chi connectivity index (χ0n) is 15.5. The highest BCUT2D eigenvalue weighted by Gasteiger charge is 2.14. The van der Waals surface area contributed by atoms with E-state index in [0.717, 1.165) is 16.9 Å². The molecule has 25 heavy (non-hydrogen) atoms. The normalized spacial score (nSPS) is 10.3. The fraction of sp³-hybridized carbons (Fsp3) is 0.350. The second kappa shape index (κ2) is 8.42. The van der Waals surface area contributed by atoms with Crippen molar-refractivity contribution in [2.75, 3.05) is 34.4 Å². The molecule has 0 fully saturated rings. The number of benzene rings is 2. The van der Waals surface area contributed by atoms with E-state index in [1.54, 1.807) is 44.4 Å². The van der Waals surface area contributed by atoms with Gasteiger partial charge in [-0.05, 0) is 55.3 Å². The van der Waals surface area contributed by atoms with Crippen LogP contribution in [-0.4, -0.2) is 45.2 Å². The molecular formula is C20H25NO4.